The number of benzene rings is 3. The fourth-order valence-corrected chi connectivity index (χ4v) is 3.37. The number of nitrogens with zero attached hydrogens (tertiary/aromatic N) is 2. The smallest absolute Gasteiger partial charge is 0.335 e. The molecule has 1 heterocycles. The number of carboxylic acid groups (broad SMARTS) is 1. The van der Waals surface area contributed by atoms with Gasteiger partial charge in [-0.3, -0.25) is 0 Å². The van der Waals surface area contributed by atoms with Crippen LogP contribution >= 0.6 is 0 Å². The van der Waals surface area contributed by atoms with E-state index in [1.165, 1.54) is 12.1 Å². The van der Waals surface area contributed by atoms with Crippen LogP contribution in [0, 0.1) is 5.82 Å². The summed E-state index contributed by atoms with van der Waals surface area (Å²) in [5, 5.41) is 9.27. The average Bonchev–Trinajstić information content (AvgIpc) is 3.10. The molecule has 0 amide bonds. The van der Waals surface area contributed by atoms with Gasteiger partial charge in [0.25, 0.3) is 0 Å². The Morgan fingerprint density at radius 3 is 2.55 bits per heavy atom. The second-order valence-corrected chi connectivity index (χ2v) is 6.67. The number of halogens is 1. The molecule has 0 bridgehead atoms. The lowest BCUT2D eigenvalue weighted by molar-refractivity contribution is 0.0697. The van der Waals surface area contributed by atoms with E-state index in [1.807, 2.05) is 28.8 Å². The van der Waals surface area contributed by atoms with Crippen molar-refractivity contribution in [2.24, 2.45) is 0 Å². The number of aromatic nitrogens is 2. The predicted octanol–water partition coefficient (Wildman–Crippen LogP) is 4.79. The topological polar surface area (TPSA) is 64.4 Å². The summed E-state index contributed by atoms with van der Waals surface area (Å²) in [5.41, 5.74) is 2.93. The Morgan fingerprint density at radius 1 is 1.10 bits per heavy atom. The molecule has 0 radical (unpaired) electrons. The molecule has 146 valence electrons. The minimum atomic E-state index is -1.02. The minimum Gasteiger partial charge on any atom is -0.497 e. The monoisotopic (exact) mass is 390 g/mol. The molecular weight excluding hydrogens is 371 g/mol. The van der Waals surface area contributed by atoms with E-state index in [9.17, 15) is 14.3 Å². The van der Waals surface area contributed by atoms with Crippen LogP contribution in [0.2, 0.25) is 0 Å². The van der Waals surface area contributed by atoms with Crippen LogP contribution in [0.3, 0.4) is 0 Å². The maximum Gasteiger partial charge on any atom is 0.335 e. The molecule has 6 heteroatoms. The number of imidazole rings is 1. The Balaban J connectivity index is 1.77. The predicted molar refractivity (Wildman–Crippen MR) is 109 cm³/mol. The summed E-state index contributed by atoms with van der Waals surface area (Å²) in [5.74, 6) is -0.122. The first-order valence-corrected chi connectivity index (χ1v) is 9.18. The SMILES string of the molecule is COc1ccc(CCn2c(-c3ccccc3F)nc3cc(C(=O)O)ccc32)cc1. The van der Waals surface area contributed by atoms with Gasteiger partial charge in [0.15, 0.2) is 0 Å². The van der Waals surface area contributed by atoms with Crippen molar-refractivity contribution in [2.45, 2.75) is 13.0 Å². The number of hydrogen-bond acceptors (Lipinski definition) is 3. The van der Waals surface area contributed by atoms with Crippen LogP contribution in [0.4, 0.5) is 4.39 Å². The zero-order chi connectivity index (χ0) is 20.4. The van der Waals surface area contributed by atoms with Crippen LogP contribution in [0.1, 0.15) is 15.9 Å². The van der Waals surface area contributed by atoms with Crippen LogP contribution < -0.4 is 4.74 Å². The molecule has 0 aliphatic heterocycles. The van der Waals surface area contributed by atoms with Gasteiger partial charge in [-0.25, -0.2) is 14.2 Å². The number of carbonyl (C=O) groups is 1. The Hall–Kier alpha value is -3.67. The van der Waals surface area contributed by atoms with E-state index in [0.717, 1.165) is 16.8 Å². The van der Waals surface area contributed by atoms with Crippen LogP contribution in [0.15, 0.2) is 66.7 Å². The molecule has 29 heavy (non-hydrogen) atoms. The van der Waals surface area contributed by atoms with Crippen molar-refractivity contribution >= 4 is 17.0 Å². The fraction of sp³-hybridized carbons (Fsp3) is 0.130. The summed E-state index contributed by atoms with van der Waals surface area (Å²) in [7, 11) is 1.62. The zero-order valence-electron chi connectivity index (χ0n) is 15.8. The maximum atomic E-state index is 14.5. The highest BCUT2D eigenvalue weighted by molar-refractivity contribution is 5.93. The standard InChI is InChI=1S/C23H19FN2O3/c1-29-17-9-6-15(7-10-17)12-13-26-21-11-8-16(23(27)28)14-20(21)25-22(26)18-4-2-3-5-19(18)24/h2-11,14H,12-13H2,1H3,(H,27,28). The molecule has 3 aromatic carbocycles. The number of fused-ring (bicyclic) bond motifs is 1. The molecule has 1 N–H and O–H groups in total. The maximum absolute atomic E-state index is 14.5. The summed E-state index contributed by atoms with van der Waals surface area (Å²) >= 11 is 0. The lowest BCUT2D eigenvalue weighted by Crippen LogP contribution is -2.05. The largest absolute Gasteiger partial charge is 0.497 e. The minimum absolute atomic E-state index is 0.150. The number of hydrogen-bond donors (Lipinski definition) is 1. The van der Waals surface area contributed by atoms with E-state index in [2.05, 4.69) is 4.98 Å². The molecule has 0 aliphatic carbocycles. The lowest BCUT2D eigenvalue weighted by Gasteiger charge is -2.11. The summed E-state index contributed by atoms with van der Waals surface area (Å²) in [6, 6.07) is 19.0. The van der Waals surface area contributed by atoms with Gasteiger partial charge in [0, 0.05) is 6.54 Å². The first kappa shape index (κ1) is 18.7. The average molecular weight is 390 g/mol. The van der Waals surface area contributed by atoms with Crippen molar-refractivity contribution in [2.75, 3.05) is 7.11 Å². The third kappa shape index (κ3) is 3.69. The number of aryl methyl sites for hydroxylation is 2. The van der Waals surface area contributed by atoms with Gasteiger partial charge in [0.1, 0.15) is 17.4 Å². The quantitative estimate of drug-likeness (QED) is 0.514. The molecule has 0 saturated heterocycles. The molecular formula is C23H19FN2O3. The van der Waals surface area contributed by atoms with Crippen LogP contribution in [-0.4, -0.2) is 27.7 Å². The van der Waals surface area contributed by atoms with Gasteiger partial charge in [-0.1, -0.05) is 24.3 Å². The van der Waals surface area contributed by atoms with Crippen LogP contribution in [-0.2, 0) is 13.0 Å². The normalized spacial score (nSPS) is 11.0. The summed E-state index contributed by atoms with van der Waals surface area (Å²) in [6.07, 6.45) is 0.706. The van der Waals surface area contributed by atoms with E-state index in [1.54, 1.807) is 37.4 Å². The molecule has 4 rings (SSSR count). The molecule has 0 spiro atoms. The van der Waals surface area contributed by atoms with Gasteiger partial charge in [0.2, 0.25) is 0 Å². The molecule has 0 aliphatic rings. The number of ether oxygens (including phenoxy) is 1. The van der Waals surface area contributed by atoms with Crippen LogP contribution in [0.25, 0.3) is 22.4 Å². The summed E-state index contributed by atoms with van der Waals surface area (Å²) in [4.78, 5) is 15.9. The van der Waals surface area contributed by atoms with Crippen molar-refractivity contribution in [1.29, 1.82) is 0 Å². The second kappa shape index (κ2) is 7.75. The first-order chi connectivity index (χ1) is 14.1. The second-order valence-electron chi connectivity index (χ2n) is 6.67. The molecule has 1 aromatic heterocycles. The van der Waals surface area contributed by atoms with Crippen molar-refractivity contribution in [3.05, 3.63) is 83.7 Å². The van der Waals surface area contributed by atoms with Gasteiger partial charge in [-0.2, -0.15) is 0 Å². The lowest BCUT2D eigenvalue weighted by atomic mass is 10.1. The third-order valence-corrected chi connectivity index (χ3v) is 4.89. The summed E-state index contributed by atoms with van der Waals surface area (Å²) in [6.45, 7) is 0.568. The summed E-state index contributed by atoms with van der Waals surface area (Å²) < 4.78 is 21.6. The molecule has 5 nitrogen and oxygen atoms in total. The first-order valence-electron chi connectivity index (χ1n) is 9.18. The number of methoxy groups -OCH3 is 1. The zero-order valence-corrected chi connectivity index (χ0v) is 15.8. The highest BCUT2D eigenvalue weighted by atomic mass is 19.1. The number of rotatable bonds is 6. The van der Waals surface area contributed by atoms with Gasteiger partial charge in [0.05, 0.1) is 29.3 Å². The van der Waals surface area contributed by atoms with E-state index < -0.39 is 5.97 Å². The van der Waals surface area contributed by atoms with Gasteiger partial charge in [-0.05, 0) is 54.4 Å². The Morgan fingerprint density at radius 2 is 1.86 bits per heavy atom. The third-order valence-electron chi connectivity index (χ3n) is 4.89. The molecule has 0 unspecified atom stereocenters. The van der Waals surface area contributed by atoms with Gasteiger partial charge >= 0.3 is 5.97 Å². The Kier molecular flexibility index (Phi) is 4.99. The van der Waals surface area contributed by atoms with Crippen molar-refractivity contribution < 1.29 is 19.0 Å². The highest BCUT2D eigenvalue weighted by Gasteiger charge is 2.17. The van der Waals surface area contributed by atoms with Crippen molar-refractivity contribution in [3.8, 4) is 17.1 Å². The van der Waals surface area contributed by atoms with E-state index >= 15 is 0 Å². The van der Waals surface area contributed by atoms with Gasteiger partial charge < -0.3 is 14.4 Å². The van der Waals surface area contributed by atoms with E-state index in [4.69, 9.17) is 4.74 Å². The highest BCUT2D eigenvalue weighted by Crippen LogP contribution is 2.28. The van der Waals surface area contributed by atoms with E-state index in [-0.39, 0.29) is 11.4 Å². The number of carboxylic acids is 1. The molecule has 0 fully saturated rings. The number of aromatic carboxylic acids is 1. The molecule has 0 atom stereocenters. The Bertz CT molecular complexity index is 1180. The van der Waals surface area contributed by atoms with Gasteiger partial charge in [-0.15, -0.1) is 0 Å². The molecule has 0 saturated carbocycles. The van der Waals surface area contributed by atoms with Crippen LogP contribution in [0.5, 0.6) is 5.75 Å². The fourth-order valence-electron chi connectivity index (χ4n) is 3.37. The molecule has 4 aromatic rings. The van der Waals surface area contributed by atoms with Crippen molar-refractivity contribution in [3.63, 3.8) is 0 Å². The van der Waals surface area contributed by atoms with Crippen molar-refractivity contribution in [1.82, 2.24) is 9.55 Å². The van der Waals surface area contributed by atoms with E-state index in [0.29, 0.717) is 29.9 Å². The Labute approximate surface area is 167 Å².